The maximum atomic E-state index is 2.65. The van der Waals surface area contributed by atoms with Gasteiger partial charge in [-0.15, -0.1) is 70.6 Å². The lowest BCUT2D eigenvalue weighted by molar-refractivity contribution is 0.707. The molecule has 0 atom stereocenters. The third kappa shape index (κ3) is 16.5. The average molecular weight is 1250 g/mol. The monoisotopic (exact) mass is 1250 g/mol. The molecule has 0 amide bonds. The maximum absolute atomic E-state index is 2.65. The molecule has 0 N–H and O–H groups in total. The molecule has 5 aromatic carbocycles. The van der Waals surface area contributed by atoms with E-state index in [1.54, 1.807) is 0 Å². The van der Waals surface area contributed by atoms with E-state index in [4.69, 9.17) is 0 Å². The SMILES string of the molecule is CCCCCCSC1=C(SCCCCCC)SC(=C2c3cc(-c4ccc(SC(C)(C)C)cc4)ccc3-c3cc4c(cc32)-c2ccc(-c3cccc(SC(C)(C)C)c3)cc2C4=C2SC(SCCCCCC)=C(SCCCCCC)S2)S1. The number of fused-ring (bicyclic) bond motifs is 6. The first kappa shape index (κ1) is 63.1. The van der Waals surface area contributed by atoms with Crippen LogP contribution in [0.1, 0.15) is 194 Å². The van der Waals surface area contributed by atoms with Crippen molar-refractivity contribution in [2.45, 2.75) is 191 Å². The van der Waals surface area contributed by atoms with E-state index in [0.717, 1.165) is 0 Å². The standard InChI is InChI=1S/C70H86S10/c1-11-15-19-23-38-71-65-66(72-39-24-20-16-12-2)76-63(75-65)61-57-43-49(47-30-34-51(35-31-47)79-69(5,6)7)32-36-53(57)55-45-60-56(46-59(55)61)54-37-33-50(48-28-27-29-52(42-48)80-70(8,9)10)44-58(54)62(60)64-77-67(73-40-25-21-17-13-3)68(78-64)74-41-26-22-18-14-4/h27-37,42-46H,11-26,38-41H2,1-10H3. The molecule has 0 saturated heterocycles. The van der Waals surface area contributed by atoms with Gasteiger partial charge in [-0.2, -0.15) is 0 Å². The highest BCUT2D eigenvalue weighted by atomic mass is 32.3. The third-order valence-corrected chi connectivity index (χ3v) is 28.1. The fraction of sp³-hybridized carbons (Fsp3) is 0.457. The molecular formula is C70H86S10. The second-order valence-electron chi connectivity index (χ2n) is 23.5. The fourth-order valence-corrected chi connectivity index (χ4v) is 24.8. The van der Waals surface area contributed by atoms with Gasteiger partial charge in [-0.25, -0.2) is 0 Å². The van der Waals surface area contributed by atoms with Crippen molar-refractivity contribution in [3.8, 4) is 44.5 Å². The Morgan fingerprint density at radius 3 is 1.05 bits per heavy atom. The first-order valence-corrected chi connectivity index (χ1v) is 38.9. The summed E-state index contributed by atoms with van der Waals surface area (Å²) >= 11 is 20.8. The van der Waals surface area contributed by atoms with Crippen molar-refractivity contribution >= 4 is 129 Å². The van der Waals surface area contributed by atoms with Crippen molar-refractivity contribution in [3.05, 3.63) is 145 Å². The minimum atomic E-state index is 0.136. The van der Waals surface area contributed by atoms with E-state index in [1.165, 1.54) is 239 Å². The number of thioether (sulfide) groups is 10. The quantitative estimate of drug-likeness (QED) is 0.0342. The van der Waals surface area contributed by atoms with E-state index in [2.05, 4.69) is 260 Å². The summed E-state index contributed by atoms with van der Waals surface area (Å²) in [6.45, 7) is 23.2. The number of hydrogen-bond acceptors (Lipinski definition) is 10. The number of rotatable bonds is 28. The molecule has 0 bridgehead atoms. The number of benzene rings is 5. The average Bonchev–Trinajstić information content (AvgIpc) is 4.27. The Morgan fingerprint density at radius 2 is 0.662 bits per heavy atom. The highest BCUT2D eigenvalue weighted by Gasteiger charge is 2.38. The second-order valence-corrected chi connectivity index (χ2v) is 37.3. The van der Waals surface area contributed by atoms with Crippen LogP contribution in [0.5, 0.6) is 0 Å². The predicted molar refractivity (Wildman–Crippen MR) is 382 cm³/mol. The summed E-state index contributed by atoms with van der Waals surface area (Å²) in [5, 5.41) is 0. The van der Waals surface area contributed by atoms with E-state index in [-0.39, 0.29) is 9.49 Å². The van der Waals surface area contributed by atoms with Crippen LogP contribution in [0, 0.1) is 0 Å². The molecule has 0 saturated carbocycles. The highest BCUT2D eigenvalue weighted by molar-refractivity contribution is 8.41. The minimum Gasteiger partial charge on any atom is -0.120 e. The zero-order valence-corrected chi connectivity index (χ0v) is 57.6. The van der Waals surface area contributed by atoms with Crippen LogP contribution in [0.2, 0.25) is 0 Å². The van der Waals surface area contributed by atoms with Crippen LogP contribution >= 0.6 is 118 Å². The second kappa shape index (κ2) is 30.3. The lowest BCUT2D eigenvalue weighted by Crippen LogP contribution is -2.06. The smallest absolute Gasteiger partial charge is 0.0660 e. The Balaban J connectivity index is 1.18. The van der Waals surface area contributed by atoms with Gasteiger partial charge >= 0.3 is 0 Å². The number of unbranched alkanes of at least 4 members (excludes halogenated alkanes) is 12. The van der Waals surface area contributed by atoms with Crippen LogP contribution in [0.3, 0.4) is 0 Å². The van der Waals surface area contributed by atoms with Crippen LogP contribution in [0.15, 0.2) is 132 Å². The Labute approximate surface area is 527 Å². The van der Waals surface area contributed by atoms with Crippen LogP contribution in [0.4, 0.5) is 0 Å². The topological polar surface area (TPSA) is 0 Å². The largest absolute Gasteiger partial charge is 0.120 e. The first-order valence-electron chi connectivity index (χ1n) is 30.0. The zero-order chi connectivity index (χ0) is 56.2. The van der Waals surface area contributed by atoms with Crippen molar-refractivity contribution < 1.29 is 0 Å². The van der Waals surface area contributed by atoms with E-state index in [9.17, 15) is 0 Å². The van der Waals surface area contributed by atoms with Gasteiger partial charge in [-0.05, 0) is 164 Å². The molecule has 0 fully saturated rings. The fourth-order valence-electron chi connectivity index (χ4n) is 10.6. The molecule has 9 rings (SSSR count). The number of hydrogen-bond donors (Lipinski definition) is 0. The molecule has 0 aromatic heterocycles. The summed E-state index contributed by atoms with van der Waals surface area (Å²) in [5.41, 5.74) is 19.1. The van der Waals surface area contributed by atoms with Crippen molar-refractivity contribution in [3.63, 3.8) is 0 Å². The minimum absolute atomic E-state index is 0.136. The van der Waals surface area contributed by atoms with E-state index in [1.807, 2.05) is 23.5 Å². The predicted octanol–water partition coefficient (Wildman–Crippen LogP) is 26.7. The van der Waals surface area contributed by atoms with Crippen molar-refractivity contribution in [1.82, 2.24) is 0 Å². The summed E-state index contributed by atoms with van der Waals surface area (Å²) in [7, 11) is 0. The molecule has 4 aliphatic rings. The summed E-state index contributed by atoms with van der Waals surface area (Å²) < 4.78 is 9.34. The van der Waals surface area contributed by atoms with Gasteiger partial charge in [0.25, 0.3) is 0 Å². The molecule has 0 nitrogen and oxygen atoms in total. The zero-order valence-electron chi connectivity index (χ0n) is 49.5. The molecule has 80 heavy (non-hydrogen) atoms. The van der Waals surface area contributed by atoms with Crippen molar-refractivity contribution in [2.75, 3.05) is 23.0 Å². The van der Waals surface area contributed by atoms with Crippen molar-refractivity contribution in [1.29, 1.82) is 0 Å². The molecule has 426 valence electrons. The van der Waals surface area contributed by atoms with Crippen LogP contribution in [-0.4, -0.2) is 32.5 Å². The molecule has 10 heteroatoms. The molecule has 0 radical (unpaired) electrons. The van der Waals surface area contributed by atoms with Gasteiger partial charge in [0.05, 0.1) is 25.4 Å². The molecule has 2 aliphatic carbocycles. The summed E-state index contributed by atoms with van der Waals surface area (Å²) in [6, 6.07) is 38.8. The Hall–Kier alpha value is -1.44. The summed E-state index contributed by atoms with van der Waals surface area (Å²) in [4.78, 5) is 2.65. The van der Waals surface area contributed by atoms with Gasteiger partial charge in [0, 0.05) is 30.4 Å². The van der Waals surface area contributed by atoms with Crippen LogP contribution in [-0.2, 0) is 0 Å². The summed E-state index contributed by atoms with van der Waals surface area (Å²) in [6.07, 6.45) is 20.8. The lowest BCUT2D eigenvalue weighted by Gasteiger charge is -2.18. The molecule has 0 unspecified atom stereocenters. The molecule has 2 heterocycles. The molecule has 2 aliphatic heterocycles. The van der Waals surface area contributed by atoms with Gasteiger partial charge < -0.3 is 0 Å². The summed E-state index contributed by atoms with van der Waals surface area (Å²) in [5.74, 6) is 4.77. The van der Waals surface area contributed by atoms with Crippen LogP contribution < -0.4 is 0 Å². The van der Waals surface area contributed by atoms with Gasteiger partial charge in [-0.3, -0.25) is 0 Å². The first-order chi connectivity index (χ1) is 38.7. The van der Waals surface area contributed by atoms with Crippen LogP contribution in [0.25, 0.3) is 55.7 Å². The van der Waals surface area contributed by atoms with E-state index >= 15 is 0 Å². The van der Waals surface area contributed by atoms with E-state index in [0.29, 0.717) is 0 Å². The maximum Gasteiger partial charge on any atom is 0.0660 e. The highest BCUT2D eigenvalue weighted by Crippen LogP contribution is 2.66. The Morgan fingerprint density at radius 1 is 0.312 bits per heavy atom. The van der Waals surface area contributed by atoms with E-state index < -0.39 is 0 Å². The Kier molecular flexibility index (Phi) is 23.9. The van der Waals surface area contributed by atoms with Crippen molar-refractivity contribution in [2.24, 2.45) is 0 Å². The Bertz CT molecular complexity index is 3010. The molecular weight excluding hydrogens is 1160 g/mol. The van der Waals surface area contributed by atoms with Gasteiger partial charge in [0.15, 0.2) is 0 Å². The molecule has 0 spiro atoms. The van der Waals surface area contributed by atoms with Gasteiger partial charge in [0.2, 0.25) is 0 Å². The van der Waals surface area contributed by atoms with Gasteiger partial charge in [0.1, 0.15) is 0 Å². The lowest BCUT2D eigenvalue weighted by atomic mass is 9.96. The third-order valence-electron chi connectivity index (χ3n) is 14.5. The normalized spacial score (nSPS) is 15.0. The van der Waals surface area contributed by atoms with Gasteiger partial charge in [-0.1, -0.05) is 242 Å². The molecule has 5 aromatic rings.